The van der Waals surface area contributed by atoms with E-state index in [1.165, 1.54) is 11.3 Å². The first-order valence-electron chi connectivity index (χ1n) is 5.16. The van der Waals surface area contributed by atoms with E-state index in [9.17, 15) is 4.79 Å². The summed E-state index contributed by atoms with van der Waals surface area (Å²) >= 11 is 7.33. The van der Waals surface area contributed by atoms with Gasteiger partial charge in [0.1, 0.15) is 0 Å². The molecule has 1 aromatic carbocycles. The fourth-order valence-electron chi connectivity index (χ4n) is 1.71. The molecule has 2 aromatic rings. The van der Waals surface area contributed by atoms with Gasteiger partial charge in [0.25, 0.3) is 0 Å². The Bertz CT molecular complexity index is 589. The largest absolute Gasteiger partial charge is 0.390 e. The van der Waals surface area contributed by atoms with Crippen LogP contribution in [0.2, 0.25) is 5.02 Å². The van der Waals surface area contributed by atoms with Gasteiger partial charge in [-0.1, -0.05) is 23.7 Å². The van der Waals surface area contributed by atoms with Crippen LogP contribution in [0.1, 0.15) is 26.4 Å². The minimum Gasteiger partial charge on any atom is -0.390 e. The van der Waals surface area contributed by atoms with Crippen LogP contribution in [0.15, 0.2) is 24.3 Å². The number of nitrogen functional groups attached to an aromatic ring is 1. The number of carbonyl (C=O) groups is 1. The van der Waals surface area contributed by atoms with Crippen molar-refractivity contribution in [3.8, 4) is 0 Å². The third-order valence-electron chi connectivity index (χ3n) is 2.73. The summed E-state index contributed by atoms with van der Waals surface area (Å²) in [6.07, 6.45) is 0. The van der Waals surface area contributed by atoms with Crippen LogP contribution >= 0.6 is 22.9 Å². The lowest BCUT2D eigenvalue weighted by molar-refractivity contribution is 0.103. The quantitative estimate of drug-likeness (QED) is 0.839. The lowest BCUT2D eigenvalue weighted by Gasteiger charge is -2.02. The number of hydrogen-bond donors (Lipinski definition) is 1. The summed E-state index contributed by atoms with van der Waals surface area (Å²) in [5.41, 5.74) is 8.02. The summed E-state index contributed by atoms with van der Waals surface area (Å²) in [4.78, 5) is 13.4. The molecule has 0 saturated heterocycles. The Morgan fingerprint density at radius 1 is 1.35 bits per heavy atom. The van der Waals surface area contributed by atoms with Crippen molar-refractivity contribution in [1.82, 2.24) is 0 Å². The molecule has 0 unspecified atom stereocenters. The zero-order chi connectivity index (χ0) is 12.6. The summed E-state index contributed by atoms with van der Waals surface area (Å²) in [5, 5.41) is 1.13. The minimum absolute atomic E-state index is 0.0631. The van der Waals surface area contributed by atoms with E-state index >= 15 is 0 Å². The Morgan fingerprint density at radius 3 is 2.59 bits per heavy atom. The van der Waals surface area contributed by atoms with E-state index in [1.807, 2.05) is 13.8 Å². The number of halogens is 1. The smallest absolute Gasteiger partial charge is 0.196 e. The minimum atomic E-state index is -0.0631. The van der Waals surface area contributed by atoms with E-state index in [1.54, 1.807) is 24.3 Å². The van der Waals surface area contributed by atoms with Crippen molar-refractivity contribution in [2.75, 3.05) is 5.73 Å². The first-order chi connectivity index (χ1) is 8.00. The molecule has 4 heteroatoms. The second-order valence-corrected chi connectivity index (χ2v) is 5.55. The summed E-state index contributed by atoms with van der Waals surface area (Å²) in [6, 6.07) is 6.92. The van der Waals surface area contributed by atoms with Crippen LogP contribution in [-0.4, -0.2) is 5.78 Å². The van der Waals surface area contributed by atoms with Gasteiger partial charge in [-0.2, -0.15) is 0 Å². The van der Waals surface area contributed by atoms with Gasteiger partial charge in [0.2, 0.25) is 0 Å². The maximum absolute atomic E-state index is 12.3. The van der Waals surface area contributed by atoms with Gasteiger partial charge >= 0.3 is 0 Å². The second kappa shape index (κ2) is 4.51. The van der Waals surface area contributed by atoms with E-state index in [2.05, 4.69) is 0 Å². The molecule has 0 amide bonds. The molecule has 0 bridgehead atoms. The third kappa shape index (κ3) is 2.21. The average Bonchev–Trinajstić information content (AvgIpc) is 2.52. The van der Waals surface area contributed by atoms with E-state index < -0.39 is 0 Å². The number of rotatable bonds is 2. The highest BCUT2D eigenvalue weighted by Crippen LogP contribution is 2.31. The van der Waals surface area contributed by atoms with E-state index in [-0.39, 0.29) is 5.78 Å². The molecule has 0 radical (unpaired) electrons. The number of benzene rings is 1. The van der Waals surface area contributed by atoms with Gasteiger partial charge in [-0.25, -0.2) is 0 Å². The Labute approximate surface area is 109 Å². The Balaban J connectivity index is 2.51. The van der Waals surface area contributed by atoms with Crippen LogP contribution in [0.25, 0.3) is 0 Å². The maximum atomic E-state index is 12.3. The Hall–Kier alpha value is -1.32. The number of ketones is 1. The van der Waals surface area contributed by atoms with Gasteiger partial charge in [0.05, 0.1) is 10.6 Å². The predicted octanol–water partition coefficient (Wildman–Crippen LogP) is 3.83. The fraction of sp³-hybridized carbons (Fsp3) is 0.154. The predicted molar refractivity (Wildman–Crippen MR) is 73.1 cm³/mol. The van der Waals surface area contributed by atoms with Crippen LogP contribution in [-0.2, 0) is 0 Å². The molecule has 0 aliphatic rings. The normalized spacial score (nSPS) is 10.5. The van der Waals surface area contributed by atoms with Crippen molar-refractivity contribution in [2.45, 2.75) is 13.8 Å². The number of aryl methyl sites for hydroxylation is 1. The highest BCUT2D eigenvalue weighted by atomic mass is 35.5. The highest BCUT2D eigenvalue weighted by Gasteiger charge is 2.19. The molecule has 0 fully saturated rings. The second-order valence-electron chi connectivity index (χ2n) is 3.86. The lowest BCUT2D eigenvalue weighted by atomic mass is 10.0. The molecule has 0 aliphatic heterocycles. The zero-order valence-corrected chi connectivity index (χ0v) is 11.2. The van der Waals surface area contributed by atoms with Gasteiger partial charge in [-0.15, -0.1) is 11.3 Å². The maximum Gasteiger partial charge on any atom is 0.196 e. The number of nitrogens with two attached hydrogens (primary N) is 1. The molecule has 88 valence electrons. The van der Waals surface area contributed by atoms with E-state index in [0.717, 1.165) is 10.4 Å². The topological polar surface area (TPSA) is 43.1 Å². The van der Waals surface area contributed by atoms with E-state index in [0.29, 0.717) is 21.2 Å². The number of anilines is 1. The SMILES string of the molecule is Cc1sc(N)c(C(=O)c2cccc(Cl)c2)c1C. The van der Waals surface area contributed by atoms with Crippen molar-refractivity contribution in [3.05, 3.63) is 50.9 Å². The standard InChI is InChI=1S/C13H12ClNOS/c1-7-8(2)17-13(15)11(7)12(16)9-4-3-5-10(14)6-9/h3-6H,15H2,1-2H3. The molecule has 0 atom stereocenters. The van der Waals surface area contributed by atoms with Gasteiger partial charge in [0, 0.05) is 15.5 Å². The van der Waals surface area contributed by atoms with Gasteiger partial charge in [-0.05, 0) is 31.5 Å². The van der Waals surface area contributed by atoms with Crippen molar-refractivity contribution in [1.29, 1.82) is 0 Å². The summed E-state index contributed by atoms with van der Waals surface area (Å²) in [6.45, 7) is 3.88. The average molecular weight is 266 g/mol. The van der Waals surface area contributed by atoms with Crippen LogP contribution in [0, 0.1) is 13.8 Å². The first-order valence-corrected chi connectivity index (χ1v) is 6.36. The first kappa shape index (κ1) is 12.1. The molecule has 2 nitrogen and oxygen atoms in total. The summed E-state index contributed by atoms with van der Waals surface area (Å²) in [7, 11) is 0. The monoisotopic (exact) mass is 265 g/mol. The summed E-state index contributed by atoms with van der Waals surface area (Å²) < 4.78 is 0. The van der Waals surface area contributed by atoms with E-state index in [4.69, 9.17) is 17.3 Å². The van der Waals surface area contributed by atoms with Crippen molar-refractivity contribution in [3.63, 3.8) is 0 Å². The highest BCUT2D eigenvalue weighted by molar-refractivity contribution is 7.16. The number of thiophene rings is 1. The number of hydrogen-bond acceptors (Lipinski definition) is 3. The molecular formula is C13H12ClNOS. The van der Waals surface area contributed by atoms with Gasteiger partial charge < -0.3 is 5.73 Å². The fourth-order valence-corrected chi connectivity index (χ4v) is 2.83. The number of carbonyl (C=O) groups excluding carboxylic acids is 1. The molecule has 1 heterocycles. The lowest BCUT2D eigenvalue weighted by Crippen LogP contribution is -2.04. The van der Waals surface area contributed by atoms with Crippen molar-refractivity contribution < 1.29 is 4.79 Å². The van der Waals surface area contributed by atoms with Crippen LogP contribution < -0.4 is 5.73 Å². The Morgan fingerprint density at radius 2 is 2.06 bits per heavy atom. The molecule has 2 rings (SSSR count). The molecule has 0 saturated carbocycles. The van der Waals surface area contributed by atoms with Gasteiger partial charge in [0.15, 0.2) is 5.78 Å². The molecule has 17 heavy (non-hydrogen) atoms. The molecule has 2 N–H and O–H groups in total. The molecule has 0 aliphatic carbocycles. The molecule has 1 aromatic heterocycles. The van der Waals surface area contributed by atoms with Crippen LogP contribution in [0.5, 0.6) is 0 Å². The third-order valence-corrected chi connectivity index (χ3v) is 4.00. The molecule has 0 spiro atoms. The van der Waals surface area contributed by atoms with Gasteiger partial charge in [-0.3, -0.25) is 4.79 Å². The van der Waals surface area contributed by atoms with Crippen molar-refractivity contribution >= 4 is 33.7 Å². The van der Waals surface area contributed by atoms with Crippen LogP contribution in [0.4, 0.5) is 5.00 Å². The zero-order valence-electron chi connectivity index (χ0n) is 9.58. The Kier molecular flexibility index (Phi) is 3.22. The van der Waals surface area contributed by atoms with Crippen molar-refractivity contribution in [2.24, 2.45) is 0 Å². The van der Waals surface area contributed by atoms with Crippen LogP contribution in [0.3, 0.4) is 0 Å². The summed E-state index contributed by atoms with van der Waals surface area (Å²) in [5.74, 6) is -0.0631. The molecular weight excluding hydrogens is 254 g/mol.